The lowest BCUT2D eigenvalue weighted by Crippen LogP contribution is -2.49. The van der Waals surface area contributed by atoms with Gasteiger partial charge in [0, 0.05) is 18.8 Å². The third kappa shape index (κ3) is 1.91. The Morgan fingerprint density at radius 3 is 2.19 bits per heavy atom. The van der Waals surface area contributed by atoms with Crippen LogP contribution < -0.4 is 17.0 Å². The van der Waals surface area contributed by atoms with Crippen LogP contribution in [0.3, 0.4) is 0 Å². The van der Waals surface area contributed by atoms with Crippen LogP contribution in [0.1, 0.15) is 31.1 Å². The fourth-order valence-electron chi connectivity index (χ4n) is 1.43. The van der Waals surface area contributed by atoms with Crippen LogP contribution in [0.2, 0.25) is 0 Å². The first-order chi connectivity index (χ1) is 7.16. The number of aromatic nitrogens is 2. The third-order valence-electron chi connectivity index (χ3n) is 2.19. The highest BCUT2D eigenvalue weighted by Gasteiger charge is 2.22. The van der Waals surface area contributed by atoms with E-state index in [0.29, 0.717) is 0 Å². The quantitative estimate of drug-likeness (QED) is 0.692. The molecule has 1 heterocycles. The Labute approximate surface area is 92.3 Å². The van der Waals surface area contributed by atoms with Gasteiger partial charge in [0.25, 0.3) is 11.5 Å². The van der Waals surface area contributed by atoms with Crippen molar-refractivity contribution in [2.75, 3.05) is 0 Å². The molecule has 0 bridgehead atoms. The Kier molecular flexibility index (Phi) is 2.77. The molecule has 1 amide bonds. The first kappa shape index (κ1) is 12.2. The summed E-state index contributed by atoms with van der Waals surface area (Å²) in [6.07, 6.45) is 1.16. The number of nitrogens with zero attached hydrogens (tertiary/aromatic N) is 2. The van der Waals surface area contributed by atoms with Crippen molar-refractivity contribution >= 4 is 5.91 Å². The zero-order valence-corrected chi connectivity index (χ0v) is 9.77. The van der Waals surface area contributed by atoms with Crippen molar-refractivity contribution in [3.05, 3.63) is 32.6 Å². The average Bonchev–Trinajstić information content (AvgIpc) is 2.08. The Morgan fingerprint density at radius 1 is 1.31 bits per heavy atom. The topological polar surface area (TPSA) is 87.1 Å². The number of nitrogens with two attached hydrogens (primary N) is 1. The summed E-state index contributed by atoms with van der Waals surface area (Å²) in [7, 11) is 1.47. The van der Waals surface area contributed by atoms with Gasteiger partial charge >= 0.3 is 5.69 Å². The lowest BCUT2D eigenvalue weighted by Gasteiger charge is -2.22. The molecule has 6 heteroatoms. The van der Waals surface area contributed by atoms with E-state index in [2.05, 4.69) is 0 Å². The normalized spacial score (nSPS) is 11.5. The van der Waals surface area contributed by atoms with Gasteiger partial charge in [-0.25, -0.2) is 4.79 Å². The van der Waals surface area contributed by atoms with E-state index in [1.54, 1.807) is 20.8 Å². The van der Waals surface area contributed by atoms with Gasteiger partial charge in [-0.05, 0) is 20.8 Å². The third-order valence-corrected chi connectivity index (χ3v) is 2.19. The highest BCUT2D eigenvalue weighted by molar-refractivity contribution is 5.92. The molecule has 0 fully saturated rings. The van der Waals surface area contributed by atoms with Crippen molar-refractivity contribution in [2.24, 2.45) is 12.8 Å². The number of primary amides is 1. The maximum Gasteiger partial charge on any atom is 0.331 e. The van der Waals surface area contributed by atoms with Gasteiger partial charge < -0.3 is 10.3 Å². The number of rotatable bonds is 1. The zero-order valence-electron chi connectivity index (χ0n) is 9.77. The Hall–Kier alpha value is -1.85. The fourth-order valence-corrected chi connectivity index (χ4v) is 1.43. The molecule has 0 unspecified atom stereocenters. The van der Waals surface area contributed by atoms with Crippen LogP contribution in [-0.2, 0) is 12.6 Å². The minimum Gasteiger partial charge on any atom is -0.365 e. The second kappa shape index (κ2) is 3.62. The van der Waals surface area contributed by atoms with Crippen LogP contribution in [0.25, 0.3) is 0 Å². The van der Waals surface area contributed by atoms with E-state index in [0.717, 1.165) is 10.8 Å². The predicted molar refractivity (Wildman–Crippen MR) is 59.5 cm³/mol. The molecule has 1 aromatic heterocycles. The molecule has 0 spiro atoms. The molecule has 0 saturated heterocycles. The van der Waals surface area contributed by atoms with Gasteiger partial charge in [-0.3, -0.25) is 14.2 Å². The van der Waals surface area contributed by atoms with Crippen LogP contribution in [0.5, 0.6) is 0 Å². The van der Waals surface area contributed by atoms with Gasteiger partial charge in [0.05, 0.1) is 0 Å². The molecule has 6 nitrogen and oxygen atoms in total. The molecular weight excluding hydrogens is 210 g/mol. The second-order valence-electron chi connectivity index (χ2n) is 4.61. The largest absolute Gasteiger partial charge is 0.365 e. The van der Waals surface area contributed by atoms with Gasteiger partial charge in [-0.2, -0.15) is 0 Å². The maximum absolute atomic E-state index is 11.9. The molecule has 2 N–H and O–H groups in total. The number of aryl methyl sites for hydroxylation is 1. The summed E-state index contributed by atoms with van der Waals surface area (Å²) in [5, 5.41) is 0. The second-order valence-corrected chi connectivity index (χ2v) is 4.61. The molecule has 0 aliphatic carbocycles. The number of amides is 1. The number of carbonyl (C=O) groups is 1. The monoisotopic (exact) mass is 225 g/mol. The van der Waals surface area contributed by atoms with E-state index < -0.39 is 22.7 Å². The van der Waals surface area contributed by atoms with Crippen LogP contribution in [0, 0.1) is 0 Å². The SMILES string of the molecule is Cn1cc(C(N)=O)c(=O)n(C(C)(C)C)c1=O. The number of hydrogen-bond acceptors (Lipinski definition) is 3. The Morgan fingerprint density at radius 2 is 1.81 bits per heavy atom. The highest BCUT2D eigenvalue weighted by atomic mass is 16.2. The smallest absolute Gasteiger partial charge is 0.331 e. The molecule has 16 heavy (non-hydrogen) atoms. The summed E-state index contributed by atoms with van der Waals surface area (Å²) >= 11 is 0. The van der Waals surface area contributed by atoms with Crippen molar-refractivity contribution in [3.63, 3.8) is 0 Å². The lowest BCUT2D eigenvalue weighted by molar-refractivity contribution is 0.0996. The summed E-state index contributed by atoms with van der Waals surface area (Å²) in [6.45, 7) is 5.13. The Balaban J connectivity index is 3.81. The molecule has 1 rings (SSSR count). The van der Waals surface area contributed by atoms with Gasteiger partial charge in [0.15, 0.2) is 0 Å². The Bertz CT molecular complexity index is 546. The summed E-state index contributed by atoms with van der Waals surface area (Å²) in [5.41, 5.74) is 3.08. The number of hydrogen-bond donors (Lipinski definition) is 1. The average molecular weight is 225 g/mol. The van der Waals surface area contributed by atoms with Crippen LogP contribution in [0.15, 0.2) is 15.8 Å². The molecule has 1 aromatic rings. The predicted octanol–water partition coefficient (Wildman–Crippen LogP) is -0.599. The molecule has 0 atom stereocenters. The van der Waals surface area contributed by atoms with E-state index in [1.807, 2.05) is 0 Å². The van der Waals surface area contributed by atoms with E-state index in [9.17, 15) is 14.4 Å². The van der Waals surface area contributed by atoms with Gasteiger partial charge in [0.2, 0.25) is 0 Å². The molecule has 0 aromatic carbocycles. The van der Waals surface area contributed by atoms with Crippen LogP contribution in [-0.4, -0.2) is 15.0 Å². The summed E-state index contributed by atoms with van der Waals surface area (Å²) in [4.78, 5) is 34.7. The summed E-state index contributed by atoms with van der Waals surface area (Å²) in [5.74, 6) is -0.835. The summed E-state index contributed by atoms with van der Waals surface area (Å²) < 4.78 is 2.19. The standard InChI is InChI=1S/C10H15N3O3/c1-10(2,3)13-8(15)6(7(11)14)5-12(4)9(13)16/h5H,1-4H3,(H2,11,14). The summed E-state index contributed by atoms with van der Waals surface area (Å²) in [6, 6.07) is 0. The molecule has 0 saturated carbocycles. The molecular formula is C10H15N3O3. The maximum atomic E-state index is 11.9. The van der Waals surface area contributed by atoms with Crippen LogP contribution >= 0.6 is 0 Å². The van der Waals surface area contributed by atoms with Crippen molar-refractivity contribution in [1.29, 1.82) is 0 Å². The molecule has 0 aliphatic heterocycles. The lowest BCUT2D eigenvalue weighted by atomic mass is 10.1. The van der Waals surface area contributed by atoms with E-state index in [4.69, 9.17) is 5.73 Å². The van der Waals surface area contributed by atoms with E-state index in [1.165, 1.54) is 11.6 Å². The van der Waals surface area contributed by atoms with Gasteiger partial charge in [-0.15, -0.1) is 0 Å². The number of carbonyl (C=O) groups excluding carboxylic acids is 1. The van der Waals surface area contributed by atoms with Gasteiger partial charge in [0.1, 0.15) is 5.56 Å². The molecule has 88 valence electrons. The molecule has 0 radical (unpaired) electrons. The van der Waals surface area contributed by atoms with E-state index in [-0.39, 0.29) is 5.56 Å². The van der Waals surface area contributed by atoms with Gasteiger partial charge in [-0.1, -0.05) is 0 Å². The first-order valence-corrected chi connectivity index (χ1v) is 4.79. The zero-order chi connectivity index (χ0) is 12.7. The first-order valence-electron chi connectivity index (χ1n) is 4.79. The van der Waals surface area contributed by atoms with E-state index >= 15 is 0 Å². The fraction of sp³-hybridized carbons (Fsp3) is 0.500. The van der Waals surface area contributed by atoms with Crippen LogP contribution in [0.4, 0.5) is 0 Å². The van der Waals surface area contributed by atoms with Crippen molar-refractivity contribution < 1.29 is 4.79 Å². The highest BCUT2D eigenvalue weighted by Crippen LogP contribution is 2.07. The van der Waals surface area contributed by atoms with Crippen molar-refractivity contribution in [1.82, 2.24) is 9.13 Å². The molecule has 0 aliphatic rings. The van der Waals surface area contributed by atoms with Crippen molar-refractivity contribution in [3.8, 4) is 0 Å². The minimum absolute atomic E-state index is 0.183. The van der Waals surface area contributed by atoms with Crippen molar-refractivity contribution in [2.45, 2.75) is 26.3 Å². The minimum atomic E-state index is -0.835.